The Bertz CT molecular complexity index is 296. The van der Waals surface area contributed by atoms with E-state index in [0.717, 1.165) is 13.2 Å². The SMILES string of the molecule is CCCCOCCCC.O=C([O-])c1ccccc1.[Na+]. The van der Waals surface area contributed by atoms with E-state index in [-0.39, 0.29) is 35.1 Å². The zero-order valence-electron chi connectivity index (χ0n) is 12.4. The van der Waals surface area contributed by atoms with Gasteiger partial charge >= 0.3 is 29.6 Å². The first kappa shape index (κ1) is 21.0. The number of rotatable bonds is 7. The molecule has 0 spiro atoms. The quantitative estimate of drug-likeness (QED) is 0.505. The summed E-state index contributed by atoms with van der Waals surface area (Å²) >= 11 is 0. The predicted octanol–water partition coefficient (Wildman–Crippen LogP) is -0.343. The van der Waals surface area contributed by atoms with Gasteiger partial charge in [0.1, 0.15) is 0 Å². The molecule has 0 bridgehead atoms. The van der Waals surface area contributed by atoms with Crippen LogP contribution < -0.4 is 34.7 Å². The molecule has 1 aromatic rings. The second-order valence-corrected chi connectivity index (χ2v) is 3.97. The van der Waals surface area contributed by atoms with Gasteiger partial charge in [0, 0.05) is 13.2 Å². The summed E-state index contributed by atoms with van der Waals surface area (Å²) in [5.74, 6) is -1.13. The molecule has 0 saturated carbocycles. The van der Waals surface area contributed by atoms with Crippen LogP contribution in [0.5, 0.6) is 0 Å². The van der Waals surface area contributed by atoms with Crippen molar-refractivity contribution in [2.75, 3.05) is 13.2 Å². The van der Waals surface area contributed by atoms with Crippen LogP contribution in [0.4, 0.5) is 0 Å². The van der Waals surface area contributed by atoms with Crippen molar-refractivity contribution in [3.05, 3.63) is 35.9 Å². The molecule has 0 saturated heterocycles. The van der Waals surface area contributed by atoms with Crippen molar-refractivity contribution in [1.29, 1.82) is 0 Å². The van der Waals surface area contributed by atoms with Crippen LogP contribution in [0.2, 0.25) is 0 Å². The van der Waals surface area contributed by atoms with Crippen molar-refractivity contribution in [2.45, 2.75) is 39.5 Å². The van der Waals surface area contributed by atoms with Gasteiger partial charge in [0.2, 0.25) is 0 Å². The summed E-state index contributed by atoms with van der Waals surface area (Å²) in [4.78, 5) is 10.1. The molecular formula is C15H23NaO3. The molecule has 0 aliphatic rings. The van der Waals surface area contributed by atoms with E-state index in [1.807, 2.05) is 0 Å². The number of hydrogen-bond donors (Lipinski definition) is 0. The Morgan fingerprint density at radius 2 is 1.53 bits per heavy atom. The minimum absolute atomic E-state index is 0. The van der Waals surface area contributed by atoms with Crippen LogP contribution in [0, 0.1) is 0 Å². The molecule has 0 aromatic heterocycles. The van der Waals surface area contributed by atoms with Crippen molar-refractivity contribution >= 4 is 5.97 Å². The Morgan fingerprint density at radius 3 is 1.84 bits per heavy atom. The van der Waals surface area contributed by atoms with Crippen molar-refractivity contribution in [3.8, 4) is 0 Å². The van der Waals surface area contributed by atoms with Gasteiger partial charge in [-0.1, -0.05) is 57.0 Å². The zero-order valence-corrected chi connectivity index (χ0v) is 14.4. The van der Waals surface area contributed by atoms with Gasteiger partial charge in [-0.15, -0.1) is 0 Å². The molecule has 0 N–H and O–H groups in total. The number of hydrogen-bond acceptors (Lipinski definition) is 3. The predicted molar refractivity (Wildman–Crippen MR) is 71.4 cm³/mol. The van der Waals surface area contributed by atoms with Crippen LogP contribution in [-0.2, 0) is 4.74 Å². The maximum absolute atomic E-state index is 10.1. The first-order chi connectivity index (χ1) is 8.72. The van der Waals surface area contributed by atoms with Gasteiger partial charge in [0.05, 0.1) is 5.97 Å². The zero-order chi connectivity index (χ0) is 13.6. The number of aromatic carboxylic acids is 1. The van der Waals surface area contributed by atoms with Gasteiger partial charge in [0.25, 0.3) is 0 Å². The van der Waals surface area contributed by atoms with Gasteiger partial charge in [0.15, 0.2) is 0 Å². The van der Waals surface area contributed by atoms with E-state index in [9.17, 15) is 9.90 Å². The maximum Gasteiger partial charge on any atom is 1.00 e. The third-order valence-electron chi connectivity index (χ3n) is 2.29. The van der Waals surface area contributed by atoms with Gasteiger partial charge in [-0.2, -0.15) is 0 Å². The molecule has 0 unspecified atom stereocenters. The molecule has 0 amide bonds. The van der Waals surface area contributed by atoms with E-state index in [4.69, 9.17) is 4.74 Å². The molecule has 0 heterocycles. The van der Waals surface area contributed by atoms with Crippen LogP contribution >= 0.6 is 0 Å². The number of carbonyl (C=O) groups is 1. The Morgan fingerprint density at radius 1 is 1.05 bits per heavy atom. The average molecular weight is 274 g/mol. The Balaban J connectivity index is 0. The van der Waals surface area contributed by atoms with E-state index in [2.05, 4.69) is 13.8 Å². The minimum atomic E-state index is -1.13. The molecule has 0 aliphatic heterocycles. The Hall–Kier alpha value is -0.350. The van der Waals surface area contributed by atoms with E-state index in [0.29, 0.717) is 0 Å². The molecular weight excluding hydrogens is 251 g/mol. The summed E-state index contributed by atoms with van der Waals surface area (Å²) in [6, 6.07) is 8.06. The minimum Gasteiger partial charge on any atom is -0.545 e. The summed E-state index contributed by atoms with van der Waals surface area (Å²) < 4.78 is 5.31. The largest absolute Gasteiger partial charge is 1.00 e. The van der Waals surface area contributed by atoms with Crippen LogP contribution in [-0.4, -0.2) is 19.2 Å². The van der Waals surface area contributed by atoms with Crippen LogP contribution in [0.15, 0.2) is 30.3 Å². The monoisotopic (exact) mass is 274 g/mol. The fourth-order valence-electron chi connectivity index (χ4n) is 1.17. The van der Waals surface area contributed by atoms with Crippen LogP contribution in [0.1, 0.15) is 49.9 Å². The van der Waals surface area contributed by atoms with Gasteiger partial charge in [-0.25, -0.2) is 0 Å². The molecule has 1 rings (SSSR count). The van der Waals surface area contributed by atoms with Crippen molar-refractivity contribution < 1.29 is 44.2 Å². The average Bonchev–Trinajstić information content (AvgIpc) is 2.40. The second-order valence-electron chi connectivity index (χ2n) is 3.97. The van der Waals surface area contributed by atoms with Crippen molar-refractivity contribution in [1.82, 2.24) is 0 Å². The first-order valence-electron chi connectivity index (χ1n) is 6.56. The number of ether oxygens (including phenoxy) is 1. The first-order valence-corrected chi connectivity index (χ1v) is 6.56. The summed E-state index contributed by atoms with van der Waals surface area (Å²) in [6.45, 7) is 6.28. The van der Waals surface area contributed by atoms with Crippen molar-refractivity contribution in [2.24, 2.45) is 0 Å². The van der Waals surface area contributed by atoms with E-state index < -0.39 is 5.97 Å². The third-order valence-corrected chi connectivity index (χ3v) is 2.29. The maximum atomic E-state index is 10.1. The molecule has 0 radical (unpaired) electrons. The molecule has 102 valence electrons. The van der Waals surface area contributed by atoms with E-state index in [1.165, 1.54) is 37.8 Å². The Kier molecular flexibility index (Phi) is 17.3. The van der Waals surface area contributed by atoms with Crippen LogP contribution in [0.3, 0.4) is 0 Å². The number of unbranched alkanes of at least 4 members (excludes halogenated alkanes) is 2. The molecule has 0 aliphatic carbocycles. The van der Waals surface area contributed by atoms with E-state index in [1.54, 1.807) is 18.2 Å². The smallest absolute Gasteiger partial charge is 0.545 e. The number of carbonyl (C=O) groups excluding carboxylic acids is 1. The summed E-state index contributed by atoms with van der Waals surface area (Å²) in [5.41, 5.74) is 0.220. The number of carboxylic acid groups (broad SMARTS) is 1. The Labute approximate surface area is 138 Å². The second kappa shape index (κ2) is 15.7. The summed E-state index contributed by atoms with van der Waals surface area (Å²) in [7, 11) is 0. The van der Waals surface area contributed by atoms with Crippen LogP contribution in [0.25, 0.3) is 0 Å². The molecule has 4 heteroatoms. The van der Waals surface area contributed by atoms with Gasteiger partial charge in [-0.05, 0) is 18.4 Å². The molecule has 0 atom stereocenters. The molecule has 0 fully saturated rings. The third kappa shape index (κ3) is 13.9. The number of carboxylic acids is 1. The summed E-state index contributed by atoms with van der Waals surface area (Å²) in [6.07, 6.45) is 4.91. The molecule has 3 nitrogen and oxygen atoms in total. The normalized spacial score (nSPS) is 8.95. The molecule has 1 aromatic carbocycles. The number of benzene rings is 1. The van der Waals surface area contributed by atoms with Crippen molar-refractivity contribution in [3.63, 3.8) is 0 Å². The fourth-order valence-corrected chi connectivity index (χ4v) is 1.17. The fraction of sp³-hybridized carbons (Fsp3) is 0.533. The van der Waals surface area contributed by atoms with Gasteiger partial charge < -0.3 is 14.6 Å². The summed E-state index contributed by atoms with van der Waals surface area (Å²) in [5, 5.41) is 10.1. The van der Waals surface area contributed by atoms with Gasteiger partial charge in [-0.3, -0.25) is 0 Å². The topological polar surface area (TPSA) is 49.4 Å². The van der Waals surface area contributed by atoms with E-state index >= 15 is 0 Å². The standard InChI is InChI=1S/C8H18O.C7H6O2.Na/c1-3-5-7-9-8-6-4-2;8-7(9)6-4-2-1-3-5-6;/h3-8H2,1-2H3;1-5H,(H,8,9);/q;;+1/p-1. The molecule has 19 heavy (non-hydrogen) atoms.